The summed E-state index contributed by atoms with van der Waals surface area (Å²) in [7, 11) is 0. The van der Waals surface area contributed by atoms with Crippen LogP contribution in [0.4, 0.5) is 0 Å². The van der Waals surface area contributed by atoms with Crippen LogP contribution in [0.15, 0.2) is 0 Å². The van der Waals surface area contributed by atoms with Gasteiger partial charge < -0.3 is 4.79 Å². The van der Waals surface area contributed by atoms with E-state index in [4.69, 9.17) is 0 Å². The molecule has 0 N–H and O–H groups in total. The monoisotopic (exact) mass is 174 g/mol. The fourth-order valence-corrected chi connectivity index (χ4v) is 1.88. The van der Waals surface area contributed by atoms with E-state index in [1.54, 1.807) is 6.92 Å². The minimum atomic E-state index is 0.319. The number of rotatable bonds is 6. The van der Waals surface area contributed by atoms with Gasteiger partial charge in [-0.05, 0) is 30.8 Å². The Kier molecular flexibility index (Phi) is 6.73. The Morgan fingerprint density at radius 2 is 2.18 bits per heavy atom. The molecule has 0 aliphatic rings. The van der Waals surface area contributed by atoms with Crippen molar-refractivity contribution in [2.75, 3.05) is 11.5 Å². The van der Waals surface area contributed by atoms with E-state index < -0.39 is 0 Å². The highest BCUT2D eigenvalue weighted by Gasteiger charge is 2.03. The van der Waals surface area contributed by atoms with Crippen molar-refractivity contribution in [3.05, 3.63) is 0 Å². The molecule has 0 rings (SSSR count). The summed E-state index contributed by atoms with van der Waals surface area (Å²) < 4.78 is 0. The second-order valence-electron chi connectivity index (χ2n) is 3.00. The average molecular weight is 174 g/mol. The Morgan fingerprint density at radius 1 is 1.55 bits per heavy atom. The van der Waals surface area contributed by atoms with Gasteiger partial charge in [0.2, 0.25) is 0 Å². The second-order valence-corrected chi connectivity index (χ2v) is 4.39. The smallest absolute Gasteiger partial charge is 0.130 e. The summed E-state index contributed by atoms with van der Waals surface area (Å²) in [6, 6.07) is 0. The molecule has 0 amide bonds. The maximum Gasteiger partial charge on any atom is 0.130 e. The van der Waals surface area contributed by atoms with Crippen molar-refractivity contribution in [3.8, 4) is 0 Å². The van der Waals surface area contributed by atoms with Crippen LogP contribution in [0.2, 0.25) is 0 Å². The van der Waals surface area contributed by atoms with Gasteiger partial charge in [0.1, 0.15) is 5.78 Å². The van der Waals surface area contributed by atoms with Crippen molar-refractivity contribution in [1.82, 2.24) is 0 Å². The van der Waals surface area contributed by atoms with Gasteiger partial charge in [-0.15, -0.1) is 0 Å². The molecule has 0 aliphatic heterocycles. The Labute approximate surface area is 73.9 Å². The summed E-state index contributed by atoms with van der Waals surface area (Å²) in [5.74, 6) is 3.28. The maximum atomic E-state index is 10.7. The zero-order chi connectivity index (χ0) is 8.69. The lowest BCUT2D eigenvalue weighted by Gasteiger charge is -2.07. The highest BCUT2D eigenvalue weighted by molar-refractivity contribution is 7.99. The highest BCUT2D eigenvalue weighted by atomic mass is 32.2. The third-order valence-corrected chi connectivity index (χ3v) is 2.53. The Balaban J connectivity index is 3.22. The summed E-state index contributed by atoms with van der Waals surface area (Å²) in [4.78, 5) is 10.7. The SMILES string of the molecule is CCSCCC(C)CC(C)=O. The molecule has 0 radical (unpaired) electrons. The topological polar surface area (TPSA) is 17.1 Å². The van der Waals surface area contributed by atoms with E-state index in [1.807, 2.05) is 11.8 Å². The minimum absolute atomic E-state index is 0.319. The number of hydrogen-bond donors (Lipinski definition) is 0. The van der Waals surface area contributed by atoms with E-state index >= 15 is 0 Å². The van der Waals surface area contributed by atoms with Gasteiger partial charge in [0, 0.05) is 6.42 Å². The third-order valence-electron chi connectivity index (χ3n) is 1.60. The molecule has 0 spiro atoms. The van der Waals surface area contributed by atoms with Gasteiger partial charge in [-0.1, -0.05) is 13.8 Å². The molecule has 0 bridgehead atoms. The van der Waals surface area contributed by atoms with E-state index in [1.165, 1.54) is 17.9 Å². The standard InChI is InChI=1S/C9H18OS/c1-4-11-6-5-8(2)7-9(3)10/h8H,4-7H2,1-3H3. The number of Topliss-reactive ketones (excluding diaryl/α,β-unsaturated/α-hetero) is 1. The fraction of sp³-hybridized carbons (Fsp3) is 0.889. The van der Waals surface area contributed by atoms with Gasteiger partial charge in [-0.3, -0.25) is 0 Å². The zero-order valence-electron chi connectivity index (χ0n) is 7.72. The first kappa shape index (κ1) is 11.0. The maximum absolute atomic E-state index is 10.7. The lowest BCUT2D eigenvalue weighted by Crippen LogP contribution is -2.02. The first-order valence-corrected chi connectivity index (χ1v) is 5.39. The van der Waals surface area contributed by atoms with Crippen molar-refractivity contribution >= 4 is 17.5 Å². The average Bonchev–Trinajstić information content (AvgIpc) is 1.86. The van der Waals surface area contributed by atoms with Gasteiger partial charge in [0.05, 0.1) is 0 Å². The van der Waals surface area contributed by atoms with E-state index in [0.717, 1.165) is 6.42 Å². The fourth-order valence-electron chi connectivity index (χ4n) is 1.02. The number of hydrogen-bond acceptors (Lipinski definition) is 2. The Hall–Kier alpha value is 0.0200. The van der Waals surface area contributed by atoms with Crippen molar-refractivity contribution in [2.45, 2.75) is 33.6 Å². The van der Waals surface area contributed by atoms with Crippen LogP contribution in [-0.4, -0.2) is 17.3 Å². The van der Waals surface area contributed by atoms with E-state index in [-0.39, 0.29) is 0 Å². The van der Waals surface area contributed by atoms with Crippen LogP contribution in [-0.2, 0) is 4.79 Å². The van der Waals surface area contributed by atoms with Crippen LogP contribution < -0.4 is 0 Å². The molecule has 1 atom stereocenters. The lowest BCUT2D eigenvalue weighted by atomic mass is 10.0. The molecule has 0 aromatic heterocycles. The van der Waals surface area contributed by atoms with Crippen molar-refractivity contribution in [3.63, 3.8) is 0 Å². The Morgan fingerprint density at radius 3 is 2.64 bits per heavy atom. The largest absolute Gasteiger partial charge is 0.300 e. The molecule has 1 unspecified atom stereocenters. The molecular formula is C9H18OS. The number of carbonyl (C=O) groups excluding carboxylic acids is 1. The summed E-state index contributed by atoms with van der Waals surface area (Å²) in [6.07, 6.45) is 1.93. The molecule has 0 aliphatic carbocycles. The van der Waals surface area contributed by atoms with Crippen LogP contribution in [0.25, 0.3) is 0 Å². The summed E-state index contributed by atoms with van der Waals surface area (Å²) in [6.45, 7) is 5.99. The number of carbonyl (C=O) groups is 1. The van der Waals surface area contributed by atoms with Crippen LogP contribution in [0.5, 0.6) is 0 Å². The van der Waals surface area contributed by atoms with Crippen molar-refractivity contribution in [2.24, 2.45) is 5.92 Å². The molecule has 0 aromatic carbocycles. The second kappa shape index (κ2) is 6.71. The van der Waals surface area contributed by atoms with Gasteiger partial charge in [0.25, 0.3) is 0 Å². The zero-order valence-corrected chi connectivity index (χ0v) is 8.54. The lowest BCUT2D eigenvalue weighted by molar-refractivity contribution is -0.117. The third kappa shape index (κ3) is 7.92. The quantitative estimate of drug-likeness (QED) is 0.576. The highest BCUT2D eigenvalue weighted by Crippen LogP contribution is 2.12. The van der Waals surface area contributed by atoms with Crippen molar-refractivity contribution in [1.29, 1.82) is 0 Å². The molecule has 1 nitrogen and oxygen atoms in total. The molecular weight excluding hydrogens is 156 g/mol. The van der Waals surface area contributed by atoms with E-state index in [9.17, 15) is 4.79 Å². The normalized spacial score (nSPS) is 13.0. The van der Waals surface area contributed by atoms with Crippen LogP contribution in [0.1, 0.15) is 33.6 Å². The van der Waals surface area contributed by atoms with E-state index in [0.29, 0.717) is 11.7 Å². The van der Waals surface area contributed by atoms with Gasteiger partial charge in [-0.2, -0.15) is 11.8 Å². The van der Waals surface area contributed by atoms with Crippen LogP contribution in [0.3, 0.4) is 0 Å². The van der Waals surface area contributed by atoms with E-state index in [2.05, 4.69) is 13.8 Å². The number of ketones is 1. The molecule has 0 fully saturated rings. The molecule has 0 aromatic rings. The number of thioether (sulfide) groups is 1. The van der Waals surface area contributed by atoms with Crippen molar-refractivity contribution < 1.29 is 4.79 Å². The van der Waals surface area contributed by atoms with Gasteiger partial charge in [-0.25, -0.2) is 0 Å². The predicted octanol–water partition coefficient (Wildman–Crippen LogP) is 2.74. The molecule has 0 saturated heterocycles. The van der Waals surface area contributed by atoms with Crippen LogP contribution in [0, 0.1) is 5.92 Å². The van der Waals surface area contributed by atoms with Gasteiger partial charge in [0.15, 0.2) is 0 Å². The molecule has 0 heterocycles. The predicted molar refractivity (Wildman–Crippen MR) is 52.1 cm³/mol. The Bertz CT molecular complexity index is 112. The van der Waals surface area contributed by atoms with Crippen LogP contribution >= 0.6 is 11.8 Å². The first-order valence-electron chi connectivity index (χ1n) is 4.24. The summed E-state index contributed by atoms with van der Waals surface area (Å²) >= 11 is 1.95. The minimum Gasteiger partial charge on any atom is -0.300 e. The van der Waals surface area contributed by atoms with Gasteiger partial charge >= 0.3 is 0 Å². The molecule has 66 valence electrons. The summed E-state index contributed by atoms with van der Waals surface area (Å²) in [5.41, 5.74) is 0. The first-order chi connectivity index (χ1) is 5.16. The molecule has 11 heavy (non-hydrogen) atoms. The molecule has 0 saturated carbocycles. The summed E-state index contributed by atoms with van der Waals surface area (Å²) in [5, 5.41) is 0. The molecule has 2 heteroatoms.